The van der Waals surface area contributed by atoms with Gasteiger partial charge in [-0.3, -0.25) is 14.5 Å². The van der Waals surface area contributed by atoms with Gasteiger partial charge in [-0.25, -0.2) is 4.68 Å². The van der Waals surface area contributed by atoms with Gasteiger partial charge in [0.25, 0.3) is 5.91 Å². The van der Waals surface area contributed by atoms with Gasteiger partial charge in [-0.2, -0.15) is 5.10 Å². The van der Waals surface area contributed by atoms with Gasteiger partial charge >= 0.3 is 0 Å². The van der Waals surface area contributed by atoms with Crippen molar-refractivity contribution < 1.29 is 9.59 Å². The average molecular weight is 326 g/mol. The van der Waals surface area contributed by atoms with E-state index in [2.05, 4.69) is 10.4 Å². The molecule has 1 aromatic heterocycles. The van der Waals surface area contributed by atoms with E-state index in [-0.39, 0.29) is 17.9 Å². The number of benzene rings is 1. The summed E-state index contributed by atoms with van der Waals surface area (Å²) in [5.41, 5.74) is 1.62. The Bertz CT molecular complexity index is 736. The van der Waals surface area contributed by atoms with Crippen LogP contribution in [-0.4, -0.2) is 27.6 Å². The van der Waals surface area contributed by atoms with Crippen molar-refractivity contribution in [3.05, 3.63) is 47.7 Å². The number of hydrogen-bond donors (Lipinski definition) is 1. The van der Waals surface area contributed by atoms with Crippen LogP contribution in [0.4, 0.5) is 5.82 Å². The first kappa shape index (κ1) is 16.2. The minimum Gasteiger partial charge on any atom is -0.350 e. The molecule has 2 aromatic rings. The van der Waals surface area contributed by atoms with Crippen molar-refractivity contribution in [2.45, 2.75) is 45.8 Å². The molecule has 6 heteroatoms. The van der Waals surface area contributed by atoms with Crippen molar-refractivity contribution in [2.24, 2.45) is 0 Å². The number of amides is 2. The van der Waals surface area contributed by atoms with E-state index in [1.165, 1.54) is 0 Å². The highest BCUT2D eigenvalue weighted by Crippen LogP contribution is 2.22. The molecule has 0 aliphatic carbocycles. The van der Waals surface area contributed by atoms with E-state index in [1.54, 1.807) is 23.2 Å². The molecule has 0 fully saturated rings. The van der Waals surface area contributed by atoms with E-state index < -0.39 is 0 Å². The van der Waals surface area contributed by atoms with Crippen molar-refractivity contribution in [3.63, 3.8) is 0 Å². The maximum Gasteiger partial charge on any atom is 0.251 e. The lowest BCUT2D eigenvalue weighted by Crippen LogP contribution is -2.37. The maximum absolute atomic E-state index is 12.2. The molecule has 2 heterocycles. The van der Waals surface area contributed by atoms with E-state index in [4.69, 9.17) is 0 Å². The van der Waals surface area contributed by atoms with Crippen LogP contribution in [0, 0.1) is 0 Å². The van der Waals surface area contributed by atoms with E-state index in [1.807, 2.05) is 36.7 Å². The SMILES string of the molecule is CC[C@H](C)NC(=O)c1ccc(CN2C(=O)CCn3nccc32)cc1. The minimum atomic E-state index is -0.0666. The van der Waals surface area contributed by atoms with Gasteiger partial charge in [0.05, 0.1) is 19.3 Å². The number of carbonyl (C=O) groups excluding carboxylic acids is 2. The van der Waals surface area contributed by atoms with Crippen LogP contribution in [-0.2, 0) is 17.9 Å². The molecule has 0 unspecified atom stereocenters. The Kier molecular flexibility index (Phi) is 4.64. The highest BCUT2D eigenvalue weighted by atomic mass is 16.2. The van der Waals surface area contributed by atoms with Gasteiger partial charge in [-0.1, -0.05) is 19.1 Å². The lowest BCUT2D eigenvalue weighted by atomic mass is 10.1. The fourth-order valence-corrected chi connectivity index (χ4v) is 2.71. The third-order valence-electron chi connectivity index (χ3n) is 4.36. The van der Waals surface area contributed by atoms with Gasteiger partial charge in [-0.15, -0.1) is 0 Å². The standard InChI is InChI=1S/C18H22N4O2/c1-3-13(2)20-18(24)15-6-4-14(5-7-15)12-21-16-8-10-19-22(16)11-9-17(21)23/h4-8,10,13H,3,9,11-12H2,1-2H3,(H,20,24)/t13-/m0/s1. The van der Waals surface area contributed by atoms with E-state index in [0.29, 0.717) is 25.1 Å². The fraction of sp³-hybridized carbons (Fsp3) is 0.389. The lowest BCUT2D eigenvalue weighted by Gasteiger charge is -2.27. The van der Waals surface area contributed by atoms with Gasteiger partial charge in [-0.05, 0) is 31.0 Å². The first-order valence-electron chi connectivity index (χ1n) is 8.30. The topological polar surface area (TPSA) is 67.2 Å². The van der Waals surface area contributed by atoms with Crippen molar-refractivity contribution >= 4 is 17.6 Å². The fourth-order valence-electron chi connectivity index (χ4n) is 2.71. The molecule has 1 atom stereocenters. The van der Waals surface area contributed by atoms with Crippen LogP contribution < -0.4 is 10.2 Å². The highest BCUT2D eigenvalue weighted by Gasteiger charge is 2.24. The number of aromatic nitrogens is 2. The number of hydrogen-bond acceptors (Lipinski definition) is 3. The summed E-state index contributed by atoms with van der Waals surface area (Å²) in [6, 6.07) is 9.41. The quantitative estimate of drug-likeness (QED) is 0.917. The molecule has 0 bridgehead atoms. The monoisotopic (exact) mass is 326 g/mol. The molecule has 2 amide bonds. The van der Waals surface area contributed by atoms with Crippen LogP contribution >= 0.6 is 0 Å². The molecule has 0 saturated heterocycles. The molecule has 0 saturated carbocycles. The van der Waals surface area contributed by atoms with E-state index in [0.717, 1.165) is 17.8 Å². The highest BCUT2D eigenvalue weighted by molar-refractivity contribution is 5.95. The normalized spacial score (nSPS) is 15.1. The zero-order valence-corrected chi connectivity index (χ0v) is 14.0. The van der Waals surface area contributed by atoms with Crippen LogP contribution in [0.2, 0.25) is 0 Å². The number of aryl methyl sites for hydroxylation is 1. The van der Waals surface area contributed by atoms with Gasteiger partial charge < -0.3 is 5.32 Å². The smallest absolute Gasteiger partial charge is 0.251 e. The number of fused-ring (bicyclic) bond motifs is 1. The Balaban J connectivity index is 1.71. The molecule has 1 aliphatic heterocycles. The van der Waals surface area contributed by atoms with Gasteiger partial charge in [0.2, 0.25) is 5.91 Å². The van der Waals surface area contributed by atoms with Gasteiger partial charge in [0, 0.05) is 24.1 Å². The summed E-state index contributed by atoms with van der Waals surface area (Å²) in [4.78, 5) is 26.1. The van der Waals surface area contributed by atoms with E-state index in [9.17, 15) is 9.59 Å². The largest absolute Gasteiger partial charge is 0.350 e. The summed E-state index contributed by atoms with van der Waals surface area (Å²) in [7, 11) is 0. The van der Waals surface area contributed by atoms with Crippen LogP contribution in [0.25, 0.3) is 0 Å². The maximum atomic E-state index is 12.2. The average Bonchev–Trinajstić information content (AvgIpc) is 3.06. The Labute approximate surface area is 141 Å². The van der Waals surface area contributed by atoms with Gasteiger partial charge in [0.1, 0.15) is 5.82 Å². The predicted molar refractivity (Wildman–Crippen MR) is 91.7 cm³/mol. The molecule has 1 N–H and O–H groups in total. The summed E-state index contributed by atoms with van der Waals surface area (Å²) in [5.74, 6) is 0.856. The summed E-state index contributed by atoms with van der Waals surface area (Å²) in [6.45, 7) is 5.13. The van der Waals surface area contributed by atoms with Crippen LogP contribution in [0.15, 0.2) is 36.5 Å². The third-order valence-corrected chi connectivity index (χ3v) is 4.36. The first-order chi connectivity index (χ1) is 11.6. The zero-order chi connectivity index (χ0) is 17.1. The second kappa shape index (κ2) is 6.86. The number of nitrogens with zero attached hydrogens (tertiary/aromatic N) is 3. The molecule has 0 spiro atoms. The molecule has 24 heavy (non-hydrogen) atoms. The molecule has 0 radical (unpaired) electrons. The van der Waals surface area contributed by atoms with Crippen molar-refractivity contribution in [2.75, 3.05) is 4.90 Å². The van der Waals surface area contributed by atoms with Crippen LogP contribution in [0.3, 0.4) is 0 Å². The minimum absolute atomic E-state index is 0.0666. The lowest BCUT2D eigenvalue weighted by molar-refractivity contribution is -0.119. The number of anilines is 1. The van der Waals surface area contributed by atoms with Crippen LogP contribution in [0.5, 0.6) is 0 Å². The van der Waals surface area contributed by atoms with Crippen molar-refractivity contribution in [1.82, 2.24) is 15.1 Å². The first-order valence-corrected chi connectivity index (χ1v) is 8.30. The molecule has 1 aromatic carbocycles. The van der Waals surface area contributed by atoms with Crippen LogP contribution in [0.1, 0.15) is 42.6 Å². The Hall–Kier alpha value is -2.63. The second-order valence-corrected chi connectivity index (χ2v) is 6.12. The summed E-state index contributed by atoms with van der Waals surface area (Å²) in [5, 5.41) is 7.17. The van der Waals surface area contributed by atoms with E-state index >= 15 is 0 Å². The number of carbonyl (C=O) groups is 2. The van der Waals surface area contributed by atoms with Gasteiger partial charge in [0.15, 0.2) is 0 Å². The van der Waals surface area contributed by atoms with Crippen molar-refractivity contribution in [1.29, 1.82) is 0 Å². The zero-order valence-electron chi connectivity index (χ0n) is 14.0. The summed E-state index contributed by atoms with van der Waals surface area (Å²) < 4.78 is 1.84. The third kappa shape index (κ3) is 3.32. The Morgan fingerprint density at radius 1 is 1.29 bits per heavy atom. The summed E-state index contributed by atoms with van der Waals surface area (Å²) in [6.07, 6.45) is 3.07. The summed E-state index contributed by atoms with van der Waals surface area (Å²) >= 11 is 0. The molecule has 1 aliphatic rings. The molecular formula is C18H22N4O2. The Morgan fingerprint density at radius 2 is 2.04 bits per heavy atom. The second-order valence-electron chi connectivity index (χ2n) is 6.12. The Morgan fingerprint density at radius 3 is 2.75 bits per heavy atom. The van der Waals surface area contributed by atoms with Crippen molar-refractivity contribution in [3.8, 4) is 0 Å². The predicted octanol–water partition coefficient (Wildman–Crippen LogP) is 2.35. The number of nitrogens with one attached hydrogen (secondary N) is 1. The number of rotatable bonds is 5. The molecular weight excluding hydrogens is 304 g/mol. The molecule has 126 valence electrons. The molecule has 3 rings (SSSR count). The molecule has 6 nitrogen and oxygen atoms in total.